The molecule has 7 heteroatoms. The van der Waals surface area contributed by atoms with Crippen LogP contribution in [0.25, 0.3) is 16.5 Å². The quantitative estimate of drug-likeness (QED) is 0.598. The number of aliphatic hydroxyl groups excluding tert-OH is 1. The number of benzene rings is 2. The minimum atomic E-state index is -0.428. The van der Waals surface area contributed by atoms with Gasteiger partial charge in [-0.2, -0.15) is 0 Å². The van der Waals surface area contributed by atoms with Crippen LogP contribution in [-0.2, 0) is 13.2 Å². The van der Waals surface area contributed by atoms with E-state index in [1.165, 1.54) is 7.11 Å². The Hall–Kier alpha value is -3.29. The first-order valence-corrected chi connectivity index (χ1v) is 11.6. The van der Waals surface area contributed by atoms with Crippen LogP contribution in [0.4, 0.5) is 15.8 Å². The van der Waals surface area contributed by atoms with Gasteiger partial charge in [0, 0.05) is 54.7 Å². The van der Waals surface area contributed by atoms with Crippen molar-refractivity contribution in [1.29, 1.82) is 0 Å². The Kier molecular flexibility index (Phi) is 6.06. The molecule has 0 saturated carbocycles. The van der Waals surface area contributed by atoms with Crippen molar-refractivity contribution in [2.75, 3.05) is 31.6 Å². The van der Waals surface area contributed by atoms with Gasteiger partial charge < -0.3 is 14.7 Å². The van der Waals surface area contributed by atoms with Crippen molar-refractivity contribution in [3.05, 3.63) is 65.1 Å². The lowest BCUT2D eigenvalue weighted by Gasteiger charge is -2.27. The van der Waals surface area contributed by atoms with Crippen molar-refractivity contribution in [3.63, 3.8) is 0 Å². The lowest BCUT2D eigenvalue weighted by atomic mass is 10.0. The number of ether oxygens (including phenoxy) is 1. The number of anilines is 2. The van der Waals surface area contributed by atoms with Gasteiger partial charge in [-0.15, -0.1) is 0 Å². The molecule has 0 radical (unpaired) electrons. The summed E-state index contributed by atoms with van der Waals surface area (Å²) in [4.78, 5) is 13.5. The van der Waals surface area contributed by atoms with E-state index in [0.717, 1.165) is 46.4 Å². The molecule has 1 N–H and O–H groups in total. The maximum atomic E-state index is 15.5. The zero-order valence-corrected chi connectivity index (χ0v) is 19.8. The molecule has 0 saturated heterocycles. The molecule has 0 amide bonds. The van der Waals surface area contributed by atoms with E-state index in [2.05, 4.69) is 35.9 Å². The van der Waals surface area contributed by atoms with E-state index < -0.39 is 5.82 Å². The number of aliphatic imine (C=N–C) groups is 1. The third-order valence-electron chi connectivity index (χ3n) is 6.70. The van der Waals surface area contributed by atoms with E-state index >= 15 is 4.39 Å². The van der Waals surface area contributed by atoms with Crippen LogP contribution in [0.15, 0.2) is 47.6 Å². The molecule has 0 fully saturated rings. The summed E-state index contributed by atoms with van der Waals surface area (Å²) in [7, 11) is 1.45. The number of hydrogen-bond donors (Lipinski definition) is 1. The van der Waals surface area contributed by atoms with Crippen molar-refractivity contribution < 1.29 is 14.2 Å². The van der Waals surface area contributed by atoms with Gasteiger partial charge in [-0.25, -0.2) is 4.39 Å². The van der Waals surface area contributed by atoms with E-state index in [0.29, 0.717) is 30.4 Å². The second-order valence-corrected chi connectivity index (χ2v) is 9.01. The van der Waals surface area contributed by atoms with Crippen LogP contribution in [-0.4, -0.2) is 54.0 Å². The molecule has 5 rings (SSSR count). The van der Waals surface area contributed by atoms with E-state index in [4.69, 9.17) is 9.72 Å². The minimum absolute atomic E-state index is 0.130. The molecule has 0 spiro atoms. The van der Waals surface area contributed by atoms with Crippen LogP contribution in [0, 0.1) is 5.82 Å². The number of pyridine rings is 1. The molecule has 2 aliphatic rings. The molecule has 3 aromatic rings. The largest absolute Gasteiger partial charge is 0.494 e. The SMILES string of the molecule is COc1cc(CO)cc(N2CCN(C(C)C)Cc3c2ccc2ncc(C4=CCN=C4)cc32)c1F. The number of halogens is 1. The van der Waals surface area contributed by atoms with Gasteiger partial charge in [0.2, 0.25) is 0 Å². The first kappa shape index (κ1) is 22.5. The van der Waals surface area contributed by atoms with Crippen molar-refractivity contribution in [2.24, 2.45) is 4.99 Å². The van der Waals surface area contributed by atoms with Gasteiger partial charge in [0.15, 0.2) is 11.6 Å². The lowest BCUT2D eigenvalue weighted by molar-refractivity contribution is 0.224. The average Bonchev–Trinajstić information content (AvgIpc) is 3.31. The van der Waals surface area contributed by atoms with Gasteiger partial charge in [-0.05, 0) is 60.9 Å². The molecule has 0 aliphatic carbocycles. The Morgan fingerprint density at radius 3 is 2.71 bits per heavy atom. The van der Waals surface area contributed by atoms with Crippen LogP contribution in [0.1, 0.15) is 30.5 Å². The summed E-state index contributed by atoms with van der Waals surface area (Å²) in [5.74, 6) is -0.298. The molecule has 2 aromatic carbocycles. The van der Waals surface area contributed by atoms with Crippen molar-refractivity contribution in [1.82, 2.24) is 9.88 Å². The van der Waals surface area contributed by atoms with Crippen LogP contribution in [0.5, 0.6) is 5.75 Å². The molecule has 0 bridgehead atoms. The second kappa shape index (κ2) is 9.16. The average molecular weight is 461 g/mol. The highest BCUT2D eigenvalue weighted by molar-refractivity contribution is 6.12. The summed E-state index contributed by atoms with van der Waals surface area (Å²) in [6.07, 6.45) is 5.88. The van der Waals surface area contributed by atoms with Crippen LogP contribution >= 0.6 is 0 Å². The fourth-order valence-corrected chi connectivity index (χ4v) is 4.77. The highest BCUT2D eigenvalue weighted by Gasteiger charge is 2.27. The Morgan fingerprint density at radius 1 is 1.15 bits per heavy atom. The zero-order valence-electron chi connectivity index (χ0n) is 19.8. The summed E-state index contributed by atoms with van der Waals surface area (Å²) >= 11 is 0. The molecule has 2 aliphatic heterocycles. The van der Waals surface area contributed by atoms with Gasteiger partial charge in [-0.1, -0.05) is 6.08 Å². The van der Waals surface area contributed by atoms with Crippen LogP contribution in [0.3, 0.4) is 0 Å². The molecular weight excluding hydrogens is 431 g/mol. The minimum Gasteiger partial charge on any atom is -0.494 e. The van der Waals surface area contributed by atoms with Gasteiger partial charge in [0.05, 0.1) is 31.5 Å². The Balaban J connectivity index is 1.73. The lowest BCUT2D eigenvalue weighted by Crippen LogP contribution is -2.34. The fraction of sp³-hybridized carbons (Fsp3) is 0.333. The van der Waals surface area contributed by atoms with Gasteiger partial charge in [-0.3, -0.25) is 14.9 Å². The second-order valence-electron chi connectivity index (χ2n) is 9.01. The number of methoxy groups -OCH3 is 1. The Labute approximate surface area is 199 Å². The summed E-state index contributed by atoms with van der Waals surface area (Å²) in [5, 5.41) is 10.8. The molecule has 1 aromatic heterocycles. The number of nitrogens with zero attached hydrogens (tertiary/aromatic N) is 4. The highest BCUT2D eigenvalue weighted by atomic mass is 19.1. The van der Waals surface area contributed by atoms with Crippen molar-refractivity contribution >= 4 is 34.1 Å². The maximum absolute atomic E-state index is 15.5. The predicted octanol–water partition coefficient (Wildman–Crippen LogP) is 4.70. The number of aliphatic hydroxyl groups is 1. The number of hydrogen-bond acceptors (Lipinski definition) is 6. The number of allylic oxidation sites excluding steroid dienone is 1. The van der Waals surface area contributed by atoms with Crippen LogP contribution < -0.4 is 9.64 Å². The first-order valence-electron chi connectivity index (χ1n) is 11.6. The third-order valence-corrected chi connectivity index (χ3v) is 6.70. The smallest absolute Gasteiger partial charge is 0.188 e. The third kappa shape index (κ3) is 3.95. The molecule has 176 valence electrons. The molecule has 0 atom stereocenters. The monoisotopic (exact) mass is 460 g/mol. The van der Waals surface area contributed by atoms with Crippen molar-refractivity contribution in [2.45, 2.75) is 33.0 Å². The number of fused-ring (bicyclic) bond motifs is 3. The van der Waals surface area contributed by atoms with E-state index in [-0.39, 0.29) is 12.4 Å². The maximum Gasteiger partial charge on any atom is 0.188 e. The van der Waals surface area contributed by atoms with Gasteiger partial charge in [0.25, 0.3) is 0 Å². The number of aromatic nitrogens is 1. The Morgan fingerprint density at radius 2 is 2.00 bits per heavy atom. The van der Waals surface area contributed by atoms with E-state index in [1.54, 1.807) is 12.1 Å². The standard InChI is InChI=1S/C27H29FN4O2/c1-17(2)31-8-9-32(25-10-18(16-33)11-26(34-3)27(25)28)24-5-4-23-21(22(24)15-31)12-20(14-30-23)19-6-7-29-13-19/h4-6,10-14,17,33H,7-9,15-16H2,1-3H3. The fourth-order valence-electron chi connectivity index (χ4n) is 4.77. The van der Waals surface area contributed by atoms with Crippen LogP contribution in [0.2, 0.25) is 0 Å². The molecular formula is C27H29FN4O2. The first-order chi connectivity index (χ1) is 16.5. The summed E-state index contributed by atoms with van der Waals surface area (Å²) in [6, 6.07) is 9.79. The van der Waals surface area contributed by atoms with Gasteiger partial charge in [0.1, 0.15) is 0 Å². The normalized spacial score (nSPS) is 16.2. The van der Waals surface area contributed by atoms with E-state index in [1.807, 2.05) is 29.4 Å². The topological polar surface area (TPSA) is 61.2 Å². The summed E-state index contributed by atoms with van der Waals surface area (Å²) in [6.45, 7) is 6.97. The molecule has 34 heavy (non-hydrogen) atoms. The Bertz CT molecular complexity index is 1300. The summed E-state index contributed by atoms with van der Waals surface area (Å²) in [5.41, 5.74) is 6.09. The predicted molar refractivity (Wildman–Crippen MR) is 135 cm³/mol. The van der Waals surface area contributed by atoms with Crippen molar-refractivity contribution in [3.8, 4) is 5.75 Å². The van der Waals surface area contributed by atoms with Gasteiger partial charge >= 0.3 is 0 Å². The summed E-state index contributed by atoms with van der Waals surface area (Å²) < 4.78 is 20.8. The van der Waals surface area contributed by atoms with E-state index in [9.17, 15) is 5.11 Å². The number of rotatable bonds is 5. The zero-order chi connectivity index (χ0) is 23.8. The molecule has 0 unspecified atom stereocenters. The molecule has 6 nitrogen and oxygen atoms in total. The molecule has 3 heterocycles. The highest BCUT2D eigenvalue weighted by Crippen LogP contribution is 2.40.